The van der Waals surface area contributed by atoms with Crippen LogP contribution in [0.2, 0.25) is 0 Å². The summed E-state index contributed by atoms with van der Waals surface area (Å²) in [4.78, 5) is 14.1. The molecule has 0 fully saturated rings. The summed E-state index contributed by atoms with van der Waals surface area (Å²) in [6, 6.07) is 20.6. The van der Waals surface area contributed by atoms with Crippen molar-refractivity contribution in [2.24, 2.45) is 7.05 Å². The number of aryl methyl sites for hydroxylation is 4. The number of hydrogen-bond donors (Lipinski definition) is 0. The Hall–Kier alpha value is -3.58. The second kappa shape index (κ2) is 9.23. The summed E-state index contributed by atoms with van der Waals surface area (Å²) < 4.78 is 33.2. The van der Waals surface area contributed by atoms with E-state index in [4.69, 9.17) is 0 Å². The standard InChI is InChI=1S/C28H31N3O3S/c1-19-16-21(3)27(22(4)17-19)35(33,34)30(18-24-13-11-10-12-20(24)2)26-23(5)29(6)31(28(26)32)25-14-8-7-9-15-25/h7-17H,18H2,1-6H3. The van der Waals surface area contributed by atoms with E-state index in [9.17, 15) is 13.2 Å². The Morgan fingerprint density at radius 3 is 1.97 bits per heavy atom. The molecule has 0 aliphatic rings. The van der Waals surface area contributed by atoms with E-state index >= 15 is 0 Å². The zero-order valence-corrected chi connectivity index (χ0v) is 21.8. The largest absolute Gasteiger partial charge is 0.296 e. The molecule has 182 valence electrons. The summed E-state index contributed by atoms with van der Waals surface area (Å²) in [5, 5.41) is 0. The van der Waals surface area contributed by atoms with Gasteiger partial charge in [0.1, 0.15) is 5.69 Å². The molecule has 4 rings (SSSR count). The number of aromatic nitrogens is 2. The number of sulfonamides is 1. The molecule has 6 nitrogen and oxygen atoms in total. The first-order valence-corrected chi connectivity index (χ1v) is 13.0. The van der Waals surface area contributed by atoms with Crippen molar-refractivity contribution in [2.45, 2.75) is 46.1 Å². The van der Waals surface area contributed by atoms with Crippen molar-refractivity contribution in [1.29, 1.82) is 0 Å². The van der Waals surface area contributed by atoms with Gasteiger partial charge in [0, 0.05) is 7.05 Å². The van der Waals surface area contributed by atoms with Gasteiger partial charge in [0.15, 0.2) is 0 Å². The van der Waals surface area contributed by atoms with Crippen molar-refractivity contribution in [3.8, 4) is 5.69 Å². The zero-order valence-electron chi connectivity index (χ0n) is 21.0. The molecule has 0 amide bonds. The van der Waals surface area contributed by atoms with E-state index in [1.807, 2.05) is 80.6 Å². The van der Waals surface area contributed by atoms with Crippen LogP contribution < -0.4 is 9.86 Å². The Morgan fingerprint density at radius 2 is 1.37 bits per heavy atom. The van der Waals surface area contributed by atoms with Crippen LogP contribution in [0.1, 0.15) is 33.5 Å². The molecule has 4 aromatic rings. The molecule has 0 spiro atoms. The molecule has 0 aliphatic carbocycles. The number of benzene rings is 3. The quantitative estimate of drug-likeness (QED) is 0.378. The van der Waals surface area contributed by atoms with Crippen molar-refractivity contribution in [3.63, 3.8) is 0 Å². The fraction of sp³-hybridized carbons (Fsp3) is 0.250. The highest BCUT2D eigenvalue weighted by Gasteiger charge is 2.34. The van der Waals surface area contributed by atoms with Crippen LogP contribution in [0.3, 0.4) is 0 Å². The maximum atomic E-state index is 14.3. The fourth-order valence-electron chi connectivity index (χ4n) is 4.75. The lowest BCUT2D eigenvalue weighted by Crippen LogP contribution is -2.36. The Kier molecular flexibility index (Phi) is 6.47. The molecule has 35 heavy (non-hydrogen) atoms. The maximum absolute atomic E-state index is 14.3. The molecule has 0 radical (unpaired) electrons. The lowest BCUT2D eigenvalue weighted by Gasteiger charge is -2.26. The van der Waals surface area contributed by atoms with Crippen LogP contribution in [0.25, 0.3) is 5.69 Å². The highest BCUT2D eigenvalue weighted by molar-refractivity contribution is 7.93. The highest BCUT2D eigenvalue weighted by atomic mass is 32.2. The molecule has 0 unspecified atom stereocenters. The second-order valence-corrected chi connectivity index (χ2v) is 10.9. The Morgan fingerprint density at radius 1 is 0.800 bits per heavy atom. The minimum absolute atomic E-state index is 0.0522. The van der Waals surface area contributed by atoms with Crippen molar-refractivity contribution >= 4 is 15.7 Å². The molecule has 3 aromatic carbocycles. The van der Waals surface area contributed by atoms with Gasteiger partial charge in [-0.1, -0.05) is 60.2 Å². The van der Waals surface area contributed by atoms with Crippen molar-refractivity contribution in [1.82, 2.24) is 9.36 Å². The molecule has 0 atom stereocenters. The van der Waals surface area contributed by atoms with E-state index in [2.05, 4.69) is 0 Å². The maximum Gasteiger partial charge on any atom is 0.296 e. The third-order valence-corrected chi connectivity index (χ3v) is 8.55. The van der Waals surface area contributed by atoms with Gasteiger partial charge in [-0.05, 0) is 69.0 Å². The van der Waals surface area contributed by atoms with Gasteiger partial charge in [0.05, 0.1) is 22.8 Å². The molecule has 0 bridgehead atoms. The number of nitrogens with zero attached hydrogens (tertiary/aromatic N) is 3. The van der Waals surface area contributed by atoms with E-state index in [1.54, 1.807) is 32.5 Å². The lowest BCUT2D eigenvalue weighted by molar-refractivity contribution is 0.588. The minimum Gasteiger partial charge on any atom is -0.283 e. The third-order valence-electron chi connectivity index (χ3n) is 6.50. The van der Waals surface area contributed by atoms with Gasteiger partial charge in [0.25, 0.3) is 15.6 Å². The zero-order chi connectivity index (χ0) is 25.5. The van der Waals surface area contributed by atoms with Crippen LogP contribution in [-0.2, 0) is 23.6 Å². The molecule has 0 saturated carbocycles. The average Bonchev–Trinajstić information content (AvgIpc) is 3.01. The fourth-order valence-corrected chi connectivity index (χ4v) is 6.66. The average molecular weight is 490 g/mol. The van der Waals surface area contributed by atoms with Gasteiger partial charge in [-0.15, -0.1) is 0 Å². The Balaban J connectivity index is 2.01. The van der Waals surface area contributed by atoms with Crippen LogP contribution in [0.15, 0.2) is 76.4 Å². The van der Waals surface area contributed by atoms with Gasteiger partial charge in [-0.3, -0.25) is 13.8 Å². The molecule has 1 aromatic heterocycles. The van der Waals surface area contributed by atoms with Gasteiger partial charge >= 0.3 is 0 Å². The van der Waals surface area contributed by atoms with E-state index < -0.39 is 10.0 Å². The van der Waals surface area contributed by atoms with E-state index in [0.717, 1.165) is 16.7 Å². The predicted molar refractivity (Wildman–Crippen MR) is 141 cm³/mol. The van der Waals surface area contributed by atoms with Gasteiger partial charge in [-0.2, -0.15) is 0 Å². The molecular formula is C28H31N3O3S. The first-order valence-electron chi connectivity index (χ1n) is 11.5. The van der Waals surface area contributed by atoms with E-state index in [0.29, 0.717) is 22.5 Å². The first kappa shape index (κ1) is 24.5. The Labute approximate surface area is 207 Å². The van der Waals surface area contributed by atoms with Crippen LogP contribution >= 0.6 is 0 Å². The summed E-state index contributed by atoms with van der Waals surface area (Å²) in [7, 11) is -2.30. The SMILES string of the molecule is Cc1cc(C)c(S(=O)(=O)N(Cc2ccccc2C)c2c(C)n(C)n(-c3ccccc3)c2=O)c(C)c1. The summed E-state index contributed by atoms with van der Waals surface area (Å²) in [5.41, 5.74) is 5.13. The van der Waals surface area contributed by atoms with E-state index in [1.165, 1.54) is 8.99 Å². The summed E-state index contributed by atoms with van der Waals surface area (Å²) in [5.74, 6) is 0. The summed E-state index contributed by atoms with van der Waals surface area (Å²) in [6.45, 7) is 9.34. The van der Waals surface area contributed by atoms with E-state index in [-0.39, 0.29) is 22.7 Å². The summed E-state index contributed by atoms with van der Waals surface area (Å²) >= 11 is 0. The van der Waals surface area contributed by atoms with Crippen LogP contribution in [0, 0.1) is 34.6 Å². The number of anilines is 1. The van der Waals surface area contributed by atoms with Crippen LogP contribution in [0.4, 0.5) is 5.69 Å². The lowest BCUT2D eigenvalue weighted by atomic mass is 10.1. The number of rotatable bonds is 6. The highest BCUT2D eigenvalue weighted by Crippen LogP contribution is 2.31. The van der Waals surface area contributed by atoms with Crippen LogP contribution in [-0.4, -0.2) is 17.8 Å². The minimum atomic E-state index is -4.07. The topological polar surface area (TPSA) is 64.3 Å². The predicted octanol–water partition coefficient (Wildman–Crippen LogP) is 5.11. The van der Waals surface area contributed by atoms with Crippen molar-refractivity contribution in [3.05, 3.63) is 111 Å². The Bertz CT molecular complexity index is 1540. The monoisotopic (exact) mass is 489 g/mol. The molecular weight excluding hydrogens is 458 g/mol. The molecule has 0 saturated heterocycles. The smallest absolute Gasteiger partial charge is 0.283 e. The van der Waals surface area contributed by atoms with Crippen molar-refractivity contribution in [2.75, 3.05) is 4.31 Å². The van der Waals surface area contributed by atoms with Gasteiger partial charge in [-0.25, -0.2) is 13.1 Å². The molecule has 0 N–H and O–H groups in total. The van der Waals surface area contributed by atoms with Gasteiger partial charge in [0.2, 0.25) is 0 Å². The normalized spacial score (nSPS) is 11.6. The number of hydrogen-bond acceptors (Lipinski definition) is 3. The third kappa shape index (κ3) is 4.32. The molecule has 0 aliphatic heterocycles. The van der Waals surface area contributed by atoms with Gasteiger partial charge < -0.3 is 0 Å². The second-order valence-electron chi connectivity index (χ2n) is 9.08. The molecule has 1 heterocycles. The summed E-state index contributed by atoms with van der Waals surface area (Å²) in [6.07, 6.45) is 0. The molecule has 7 heteroatoms. The first-order chi connectivity index (χ1) is 16.5. The van der Waals surface area contributed by atoms with Crippen LogP contribution in [0.5, 0.6) is 0 Å². The number of para-hydroxylation sites is 1. The van der Waals surface area contributed by atoms with Crippen molar-refractivity contribution < 1.29 is 8.42 Å².